The van der Waals surface area contributed by atoms with Crippen molar-refractivity contribution >= 4 is 21.6 Å². The maximum atomic E-state index is 13.5. The van der Waals surface area contributed by atoms with Crippen LogP contribution in [0.3, 0.4) is 0 Å². The van der Waals surface area contributed by atoms with Crippen LogP contribution >= 0.6 is 0 Å². The third-order valence-corrected chi connectivity index (χ3v) is 5.26. The molecule has 0 fully saturated rings. The van der Waals surface area contributed by atoms with Crippen molar-refractivity contribution in [2.45, 2.75) is 17.5 Å². The van der Waals surface area contributed by atoms with Crippen LogP contribution in [0.2, 0.25) is 0 Å². The third kappa shape index (κ3) is 5.30. The average Bonchev–Trinajstić information content (AvgIpc) is 3.13. The molecule has 0 spiro atoms. The van der Waals surface area contributed by atoms with Gasteiger partial charge in [-0.2, -0.15) is 27.7 Å². The molecule has 33 heavy (non-hydrogen) atoms. The Labute approximate surface area is 183 Å². The van der Waals surface area contributed by atoms with Crippen molar-refractivity contribution in [2.24, 2.45) is 0 Å². The lowest BCUT2D eigenvalue weighted by atomic mass is 10.2. The third-order valence-electron chi connectivity index (χ3n) is 3.85. The van der Waals surface area contributed by atoms with Gasteiger partial charge in [-0.25, -0.2) is 21.9 Å². The fourth-order valence-electron chi connectivity index (χ4n) is 2.61. The average molecular weight is 500 g/mol. The first-order valence-electron chi connectivity index (χ1n) is 8.45. The summed E-state index contributed by atoms with van der Waals surface area (Å²) in [5.74, 6) is -1.53. The Morgan fingerprint density at radius 2 is 1.85 bits per heavy atom. The van der Waals surface area contributed by atoms with Gasteiger partial charge in [-0.3, -0.25) is 0 Å². The van der Waals surface area contributed by atoms with Crippen molar-refractivity contribution in [3.63, 3.8) is 0 Å². The molecule has 0 saturated carbocycles. The van der Waals surface area contributed by atoms with E-state index in [0.717, 1.165) is 16.6 Å². The van der Waals surface area contributed by atoms with Gasteiger partial charge in [0.2, 0.25) is 5.65 Å². The zero-order valence-electron chi connectivity index (χ0n) is 16.9. The number of nitrogens with zero attached hydrogens (tertiary/aromatic N) is 4. The molecule has 0 aliphatic heterocycles. The molecular weight excluding hydrogens is 483 g/mol. The van der Waals surface area contributed by atoms with Crippen molar-refractivity contribution < 1.29 is 44.6 Å². The molecule has 0 aliphatic carbocycles. The molecule has 0 saturated heterocycles. The molecule has 0 radical (unpaired) electrons. The van der Waals surface area contributed by atoms with Crippen LogP contribution in [-0.4, -0.2) is 55.3 Å². The van der Waals surface area contributed by atoms with Gasteiger partial charge in [-0.05, 0) is 12.1 Å². The van der Waals surface area contributed by atoms with Gasteiger partial charge in [-0.15, -0.1) is 5.10 Å². The van der Waals surface area contributed by atoms with Crippen molar-refractivity contribution in [2.75, 3.05) is 25.5 Å². The molecule has 0 unspecified atom stereocenters. The molecule has 3 rings (SSSR count). The highest BCUT2D eigenvalue weighted by molar-refractivity contribution is 7.92. The Kier molecular flexibility index (Phi) is 7.48. The fraction of sp³-hybridized carbons (Fsp3) is 0.312. The summed E-state index contributed by atoms with van der Waals surface area (Å²) in [4.78, 5) is 6.34. The minimum Gasteiger partial charge on any atom is -0.491 e. The van der Waals surface area contributed by atoms with E-state index < -0.39 is 51.4 Å². The highest BCUT2D eigenvalue weighted by Gasteiger charge is 2.40. The predicted octanol–water partition coefficient (Wildman–Crippen LogP) is 2.77. The largest absolute Gasteiger partial charge is 0.491 e. The first-order chi connectivity index (χ1) is 15.0. The van der Waals surface area contributed by atoms with Gasteiger partial charge in [0.1, 0.15) is 17.3 Å². The molecule has 0 bridgehead atoms. The number of methoxy groups -OCH3 is 2. The van der Waals surface area contributed by atoms with Gasteiger partial charge in [0.15, 0.2) is 5.75 Å². The highest BCUT2D eigenvalue weighted by atomic mass is 32.2. The lowest BCUT2D eigenvalue weighted by molar-refractivity contribution is -0.140. The second-order valence-corrected chi connectivity index (χ2v) is 7.54. The zero-order valence-corrected chi connectivity index (χ0v) is 17.7. The van der Waals surface area contributed by atoms with E-state index in [1.807, 2.05) is 0 Å². The fourth-order valence-corrected chi connectivity index (χ4v) is 3.91. The summed E-state index contributed by atoms with van der Waals surface area (Å²) in [6, 6.07) is 1.99. The Morgan fingerprint density at radius 3 is 2.42 bits per heavy atom. The number of alkyl halides is 5. The maximum absolute atomic E-state index is 13.5. The van der Waals surface area contributed by atoms with E-state index in [-0.39, 0.29) is 23.6 Å². The lowest BCUT2D eigenvalue weighted by Gasteiger charge is -2.17. The van der Waals surface area contributed by atoms with Crippen LogP contribution in [0.5, 0.6) is 17.5 Å². The molecule has 1 aromatic carbocycles. The predicted molar refractivity (Wildman–Crippen MR) is 103 cm³/mol. The standard InChI is InChI=1S/C16H14F5N5O5S.H3N/c1-29-10-6-22-15(30-2)26-13(10)23-14(24-26)25-32(27,28)12-8(16(19,20)21)4-3-5-9(12)31-7-11(17)18;/h3-6,11H,7H2,1-2H3,(H,24,25);1H3. The zero-order chi connectivity index (χ0) is 23.7. The Balaban J connectivity index is 0.00000385. The summed E-state index contributed by atoms with van der Waals surface area (Å²) in [5, 5.41) is 3.80. The number of aromatic nitrogens is 4. The molecule has 3 aromatic rings. The Bertz CT molecular complexity index is 1190. The SMILES string of the molecule is COc1cnc(OC)n2nc(NS(=O)(=O)c3c(OCC(F)F)cccc3C(F)(F)F)nc12.N. The summed E-state index contributed by atoms with van der Waals surface area (Å²) in [5.41, 5.74) is -1.69. The van der Waals surface area contributed by atoms with Crippen LogP contribution in [0.1, 0.15) is 5.56 Å². The van der Waals surface area contributed by atoms with E-state index in [1.54, 1.807) is 4.72 Å². The van der Waals surface area contributed by atoms with Gasteiger partial charge in [0.05, 0.1) is 26.0 Å². The van der Waals surface area contributed by atoms with E-state index in [1.165, 1.54) is 20.4 Å². The number of hydrogen-bond donors (Lipinski definition) is 2. The number of hydrogen-bond acceptors (Lipinski definition) is 9. The quantitative estimate of drug-likeness (QED) is 0.445. The summed E-state index contributed by atoms with van der Waals surface area (Å²) in [6.07, 6.45) is -6.99. The van der Waals surface area contributed by atoms with E-state index in [0.29, 0.717) is 6.07 Å². The number of fused-ring (bicyclic) bond motifs is 1. The molecule has 2 aromatic heterocycles. The minimum absolute atomic E-state index is 0. The number of nitrogens with one attached hydrogen (secondary N) is 1. The monoisotopic (exact) mass is 500 g/mol. The van der Waals surface area contributed by atoms with Gasteiger partial charge < -0.3 is 20.4 Å². The van der Waals surface area contributed by atoms with Crippen molar-refractivity contribution in [3.8, 4) is 17.5 Å². The van der Waals surface area contributed by atoms with Gasteiger partial charge in [-0.1, -0.05) is 6.07 Å². The van der Waals surface area contributed by atoms with Crippen LogP contribution in [0.15, 0.2) is 29.3 Å². The van der Waals surface area contributed by atoms with Crippen LogP contribution in [0.25, 0.3) is 5.65 Å². The van der Waals surface area contributed by atoms with Crippen molar-refractivity contribution in [1.29, 1.82) is 0 Å². The van der Waals surface area contributed by atoms with E-state index in [4.69, 9.17) is 9.47 Å². The highest BCUT2D eigenvalue weighted by Crippen LogP contribution is 2.39. The summed E-state index contributed by atoms with van der Waals surface area (Å²) >= 11 is 0. The van der Waals surface area contributed by atoms with Gasteiger partial charge in [0, 0.05) is 0 Å². The van der Waals surface area contributed by atoms with Crippen molar-refractivity contribution in [3.05, 3.63) is 30.0 Å². The number of benzene rings is 1. The molecule has 11 nitrogen and oxygen atoms in total. The number of halogens is 5. The number of anilines is 1. The Hall–Kier alpha value is -3.47. The van der Waals surface area contributed by atoms with Crippen LogP contribution < -0.4 is 25.1 Å². The van der Waals surface area contributed by atoms with Crippen LogP contribution in [0, 0.1) is 0 Å². The molecular formula is C16H17F5N6O5S. The summed E-state index contributed by atoms with van der Waals surface area (Å²) in [6.45, 7) is -1.32. The summed E-state index contributed by atoms with van der Waals surface area (Å²) < 4.78 is 109. The van der Waals surface area contributed by atoms with Crippen LogP contribution in [-0.2, 0) is 16.2 Å². The maximum Gasteiger partial charge on any atom is 0.417 e. The Morgan fingerprint density at radius 1 is 1.15 bits per heavy atom. The van der Waals surface area contributed by atoms with E-state index in [2.05, 4.69) is 19.8 Å². The first-order valence-corrected chi connectivity index (χ1v) is 9.94. The molecule has 0 atom stereocenters. The number of rotatable bonds is 8. The topological polar surface area (TPSA) is 152 Å². The van der Waals surface area contributed by atoms with Gasteiger partial charge >= 0.3 is 12.2 Å². The lowest BCUT2D eigenvalue weighted by Crippen LogP contribution is -2.21. The van der Waals surface area contributed by atoms with Crippen molar-refractivity contribution in [1.82, 2.24) is 25.7 Å². The normalized spacial score (nSPS) is 11.9. The van der Waals surface area contributed by atoms with Gasteiger partial charge in [0.25, 0.3) is 22.4 Å². The molecule has 0 amide bonds. The summed E-state index contributed by atoms with van der Waals surface area (Å²) in [7, 11) is -2.56. The molecule has 17 heteroatoms. The number of sulfonamides is 1. The minimum atomic E-state index is -5.14. The smallest absolute Gasteiger partial charge is 0.417 e. The first kappa shape index (κ1) is 25.8. The second kappa shape index (κ2) is 9.57. The number of ether oxygens (including phenoxy) is 3. The van der Waals surface area contributed by atoms with E-state index >= 15 is 0 Å². The molecule has 0 aliphatic rings. The molecule has 182 valence electrons. The second-order valence-electron chi connectivity index (χ2n) is 5.92. The van der Waals surface area contributed by atoms with Crippen LogP contribution in [0.4, 0.5) is 27.9 Å². The molecule has 2 heterocycles. The van der Waals surface area contributed by atoms with E-state index in [9.17, 15) is 30.4 Å². The molecule has 4 N–H and O–H groups in total.